The Balaban J connectivity index is 1.24. The van der Waals surface area contributed by atoms with Gasteiger partial charge in [-0.3, -0.25) is 9.59 Å². The van der Waals surface area contributed by atoms with Crippen LogP contribution in [-0.4, -0.2) is 57.9 Å². The predicted octanol–water partition coefficient (Wildman–Crippen LogP) is 3.67. The highest BCUT2D eigenvalue weighted by molar-refractivity contribution is 6.31. The first-order valence-corrected chi connectivity index (χ1v) is 14.3. The number of likely N-dealkylation sites (tertiary alicyclic amines) is 1. The van der Waals surface area contributed by atoms with Crippen molar-refractivity contribution in [1.82, 2.24) is 30.5 Å². The van der Waals surface area contributed by atoms with Crippen LogP contribution in [-0.2, 0) is 37.8 Å². The zero-order valence-corrected chi connectivity index (χ0v) is 23.9. The highest BCUT2D eigenvalue weighted by Crippen LogP contribution is 2.32. The summed E-state index contributed by atoms with van der Waals surface area (Å²) in [6.07, 6.45) is 2.15. The van der Waals surface area contributed by atoms with E-state index in [0.29, 0.717) is 36.6 Å². The van der Waals surface area contributed by atoms with Crippen molar-refractivity contribution in [2.75, 3.05) is 20.2 Å². The summed E-state index contributed by atoms with van der Waals surface area (Å²) in [4.78, 5) is 29.5. The number of nitrogens with one attached hydrogen (secondary N) is 2. The van der Waals surface area contributed by atoms with Gasteiger partial charge in [0.15, 0.2) is 0 Å². The Hall–Kier alpha value is -3.95. The minimum Gasteiger partial charge on any atom is -0.497 e. The SMILES string of the molecule is COc1ccc(CC2CC(C(=O)NCc3ccc4c(c3)nnn4C)N(C(=O)c3cc(Cl)cc4c3CNCC4)C2)cc1. The summed E-state index contributed by atoms with van der Waals surface area (Å²) in [6, 6.07) is 16.9. The van der Waals surface area contributed by atoms with Gasteiger partial charge in [-0.25, -0.2) is 4.68 Å². The molecule has 2 atom stereocenters. The van der Waals surface area contributed by atoms with Crippen LogP contribution in [0.4, 0.5) is 0 Å². The molecule has 0 radical (unpaired) electrons. The van der Waals surface area contributed by atoms with Gasteiger partial charge >= 0.3 is 0 Å². The summed E-state index contributed by atoms with van der Waals surface area (Å²) in [7, 11) is 3.49. The number of hydrogen-bond acceptors (Lipinski definition) is 6. The van der Waals surface area contributed by atoms with E-state index in [4.69, 9.17) is 16.3 Å². The van der Waals surface area contributed by atoms with E-state index >= 15 is 0 Å². The number of fused-ring (bicyclic) bond motifs is 2. The second kappa shape index (κ2) is 11.5. The number of halogens is 1. The number of hydrogen-bond donors (Lipinski definition) is 2. The Morgan fingerprint density at radius 3 is 2.73 bits per heavy atom. The van der Waals surface area contributed by atoms with E-state index in [9.17, 15) is 9.59 Å². The van der Waals surface area contributed by atoms with Gasteiger partial charge in [0.1, 0.15) is 17.3 Å². The fourth-order valence-electron chi connectivity index (χ4n) is 6.05. The first kappa shape index (κ1) is 27.2. The average Bonchev–Trinajstić information content (AvgIpc) is 3.58. The quantitative estimate of drug-likeness (QED) is 0.350. The zero-order valence-electron chi connectivity index (χ0n) is 23.2. The summed E-state index contributed by atoms with van der Waals surface area (Å²) in [5.41, 5.74) is 6.41. The summed E-state index contributed by atoms with van der Waals surface area (Å²) < 4.78 is 7.01. The Bertz CT molecular complexity index is 1600. The van der Waals surface area contributed by atoms with E-state index < -0.39 is 6.04 Å². The monoisotopic (exact) mass is 572 g/mol. The molecule has 1 aromatic heterocycles. The molecule has 2 aliphatic rings. The molecule has 0 aliphatic carbocycles. The summed E-state index contributed by atoms with van der Waals surface area (Å²) in [5, 5.41) is 15.2. The third kappa shape index (κ3) is 5.64. The molecule has 2 amide bonds. The molecule has 0 bridgehead atoms. The third-order valence-electron chi connectivity index (χ3n) is 8.19. The van der Waals surface area contributed by atoms with E-state index in [2.05, 4.69) is 20.9 Å². The maximum atomic E-state index is 14.1. The lowest BCUT2D eigenvalue weighted by molar-refractivity contribution is -0.125. The summed E-state index contributed by atoms with van der Waals surface area (Å²) >= 11 is 6.46. The molecule has 3 aromatic carbocycles. The molecule has 6 rings (SSSR count). The van der Waals surface area contributed by atoms with Crippen LogP contribution in [0.3, 0.4) is 0 Å². The van der Waals surface area contributed by atoms with Crippen molar-refractivity contribution in [3.63, 3.8) is 0 Å². The third-order valence-corrected chi connectivity index (χ3v) is 8.41. The molecule has 41 heavy (non-hydrogen) atoms. The second-order valence-corrected chi connectivity index (χ2v) is 11.3. The number of amides is 2. The number of rotatable bonds is 7. The van der Waals surface area contributed by atoms with Crippen molar-refractivity contribution < 1.29 is 14.3 Å². The van der Waals surface area contributed by atoms with Gasteiger partial charge in [0, 0.05) is 37.3 Å². The highest BCUT2D eigenvalue weighted by atomic mass is 35.5. The molecule has 3 heterocycles. The Morgan fingerprint density at radius 1 is 1.12 bits per heavy atom. The van der Waals surface area contributed by atoms with Gasteiger partial charge in [-0.05, 0) is 90.4 Å². The van der Waals surface area contributed by atoms with Crippen LogP contribution in [0, 0.1) is 5.92 Å². The second-order valence-electron chi connectivity index (χ2n) is 10.9. The number of aryl methyl sites for hydroxylation is 1. The number of carbonyl (C=O) groups is 2. The van der Waals surface area contributed by atoms with Crippen LogP contribution in [0.1, 0.15) is 39.0 Å². The molecule has 212 valence electrons. The van der Waals surface area contributed by atoms with Crippen molar-refractivity contribution >= 4 is 34.4 Å². The molecule has 10 heteroatoms. The molecule has 4 aromatic rings. The Kier molecular flexibility index (Phi) is 7.64. The molecule has 2 aliphatic heterocycles. The minimum atomic E-state index is -0.586. The number of carbonyl (C=O) groups excluding carboxylic acids is 2. The molecule has 9 nitrogen and oxygen atoms in total. The van der Waals surface area contributed by atoms with Gasteiger partial charge < -0.3 is 20.3 Å². The number of benzene rings is 3. The first-order valence-electron chi connectivity index (χ1n) is 13.9. The molecule has 1 saturated heterocycles. The van der Waals surface area contributed by atoms with E-state index in [-0.39, 0.29) is 17.7 Å². The van der Waals surface area contributed by atoms with Crippen molar-refractivity contribution in [3.8, 4) is 5.75 Å². The zero-order chi connectivity index (χ0) is 28.5. The fourth-order valence-corrected chi connectivity index (χ4v) is 6.29. The average molecular weight is 573 g/mol. The lowest BCUT2D eigenvalue weighted by Gasteiger charge is -2.27. The molecular formula is C31H33ClN6O3. The van der Waals surface area contributed by atoms with Gasteiger partial charge in [0.25, 0.3) is 5.91 Å². The Morgan fingerprint density at radius 2 is 1.93 bits per heavy atom. The van der Waals surface area contributed by atoms with Crippen LogP contribution >= 0.6 is 11.6 Å². The van der Waals surface area contributed by atoms with Crippen LogP contribution in [0.15, 0.2) is 54.6 Å². The summed E-state index contributed by atoms with van der Waals surface area (Å²) in [6.45, 7) is 2.28. The van der Waals surface area contributed by atoms with Crippen molar-refractivity contribution in [2.45, 2.75) is 38.4 Å². The van der Waals surface area contributed by atoms with Crippen LogP contribution in [0.25, 0.3) is 11.0 Å². The first-order chi connectivity index (χ1) is 19.9. The molecule has 0 spiro atoms. The van der Waals surface area contributed by atoms with Crippen molar-refractivity contribution in [1.29, 1.82) is 0 Å². The van der Waals surface area contributed by atoms with Gasteiger partial charge in [0.05, 0.1) is 12.6 Å². The minimum absolute atomic E-state index is 0.132. The normalized spacial score (nSPS) is 18.4. The lowest BCUT2D eigenvalue weighted by atomic mass is 9.95. The van der Waals surface area contributed by atoms with Crippen LogP contribution in [0.2, 0.25) is 5.02 Å². The van der Waals surface area contributed by atoms with Gasteiger partial charge in [0.2, 0.25) is 5.91 Å². The number of aromatic nitrogens is 3. The summed E-state index contributed by atoms with van der Waals surface area (Å²) in [5.74, 6) is 0.620. The van der Waals surface area contributed by atoms with Crippen LogP contribution < -0.4 is 15.4 Å². The molecular weight excluding hydrogens is 540 g/mol. The Labute approximate surface area is 243 Å². The maximum absolute atomic E-state index is 14.1. The van der Waals surface area contributed by atoms with Crippen LogP contribution in [0.5, 0.6) is 5.75 Å². The van der Waals surface area contributed by atoms with Crippen molar-refractivity contribution in [3.05, 3.63) is 87.4 Å². The number of ether oxygens (including phenoxy) is 1. The van der Waals surface area contributed by atoms with E-state index in [1.165, 1.54) is 0 Å². The number of nitrogens with zero attached hydrogens (tertiary/aromatic N) is 4. The van der Waals surface area contributed by atoms with Gasteiger partial charge in [-0.1, -0.05) is 35.0 Å². The maximum Gasteiger partial charge on any atom is 0.254 e. The van der Waals surface area contributed by atoms with Gasteiger partial charge in [-0.15, -0.1) is 5.10 Å². The van der Waals surface area contributed by atoms with E-state index in [1.54, 1.807) is 22.8 Å². The smallest absolute Gasteiger partial charge is 0.254 e. The molecule has 2 unspecified atom stereocenters. The standard InChI is InChI=1S/C31H33ClN6O3/c1-37-28-8-5-20(12-27(28)35-36-37)16-34-30(39)29-13-21(11-19-3-6-24(41-2)7-4-19)18-38(29)31(40)25-15-23(32)14-22-9-10-33-17-26(22)25/h3-8,12,14-15,21,29,33H,9-11,13,16-18H2,1-2H3,(H,34,39). The highest BCUT2D eigenvalue weighted by Gasteiger charge is 2.40. The van der Waals surface area contributed by atoms with E-state index in [0.717, 1.165) is 58.4 Å². The largest absolute Gasteiger partial charge is 0.497 e. The predicted molar refractivity (Wildman–Crippen MR) is 157 cm³/mol. The number of methoxy groups -OCH3 is 1. The van der Waals surface area contributed by atoms with E-state index in [1.807, 2.05) is 55.6 Å². The molecule has 1 fully saturated rings. The van der Waals surface area contributed by atoms with Gasteiger partial charge in [-0.2, -0.15) is 0 Å². The topological polar surface area (TPSA) is 101 Å². The lowest BCUT2D eigenvalue weighted by Crippen LogP contribution is -2.46. The van der Waals surface area contributed by atoms with Crippen molar-refractivity contribution in [2.24, 2.45) is 13.0 Å². The molecule has 2 N–H and O–H groups in total. The molecule has 0 saturated carbocycles. The fraction of sp³-hybridized carbons (Fsp3) is 0.355.